The van der Waals surface area contributed by atoms with Crippen LogP contribution >= 0.6 is 0 Å². The van der Waals surface area contributed by atoms with Gasteiger partial charge >= 0.3 is 0 Å². The molecule has 1 aromatic heterocycles. The van der Waals surface area contributed by atoms with Crippen LogP contribution in [0, 0.1) is 17.8 Å². The van der Waals surface area contributed by atoms with Crippen molar-refractivity contribution in [1.82, 2.24) is 5.32 Å². The third-order valence-electron chi connectivity index (χ3n) is 3.47. The van der Waals surface area contributed by atoms with Gasteiger partial charge in [-0.3, -0.25) is 0 Å². The number of hydrogen-bond donors (Lipinski definition) is 1. The molecule has 0 aromatic carbocycles. The summed E-state index contributed by atoms with van der Waals surface area (Å²) in [7, 11) is 0. The van der Waals surface area contributed by atoms with Gasteiger partial charge in [0.1, 0.15) is 5.76 Å². The van der Waals surface area contributed by atoms with Gasteiger partial charge in [-0.1, -0.05) is 34.6 Å². The Morgan fingerprint density at radius 2 is 1.82 bits per heavy atom. The second kappa shape index (κ2) is 6.85. The molecule has 1 rings (SSSR count). The Morgan fingerprint density at radius 3 is 2.24 bits per heavy atom. The number of rotatable bonds is 7. The summed E-state index contributed by atoms with van der Waals surface area (Å²) in [6, 6.07) is 4.55. The second-order valence-corrected chi connectivity index (χ2v) is 5.51. The molecule has 0 radical (unpaired) electrons. The number of nitrogens with one attached hydrogen (secondary N) is 1. The van der Waals surface area contributed by atoms with Gasteiger partial charge in [0.15, 0.2) is 0 Å². The summed E-state index contributed by atoms with van der Waals surface area (Å²) in [5, 5.41) is 3.62. The van der Waals surface area contributed by atoms with E-state index >= 15 is 0 Å². The Hall–Kier alpha value is -0.760. The van der Waals surface area contributed by atoms with Gasteiger partial charge in [-0.2, -0.15) is 0 Å². The van der Waals surface area contributed by atoms with Crippen molar-refractivity contribution in [3.8, 4) is 0 Å². The minimum absolute atomic E-state index is 0.506. The van der Waals surface area contributed by atoms with Crippen LogP contribution in [0.15, 0.2) is 22.8 Å². The molecule has 0 saturated heterocycles. The maximum atomic E-state index is 5.48. The predicted molar refractivity (Wildman–Crippen MR) is 73.0 cm³/mol. The summed E-state index contributed by atoms with van der Waals surface area (Å²) in [6.45, 7) is 12.5. The summed E-state index contributed by atoms with van der Waals surface area (Å²) in [5.74, 6) is 3.14. The third-order valence-corrected chi connectivity index (χ3v) is 3.47. The van der Waals surface area contributed by atoms with E-state index in [2.05, 4.69) is 46.0 Å². The molecule has 0 aliphatic rings. The molecule has 98 valence electrons. The molecule has 2 nitrogen and oxygen atoms in total. The van der Waals surface area contributed by atoms with Crippen LogP contribution in [0.1, 0.15) is 40.4 Å². The van der Waals surface area contributed by atoms with Gasteiger partial charge < -0.3 is 9.73 Å². The molecule has 2 heteroatoms. The van der Waals surface area contributed by atoms with Crippen LogP contribution in [0.4, 0.5) is 0 Å². The van der Waals surface area contributed by atoms with Crippen molar-refractivity contribution >= 4 is 0 Å². The normalized spacial score (nSPS) is 13.9. The highest BCUT2D eigenvalue weighted by Crippen LogP contribution is 2.26. The summed E-state index contributed by atoms with van der Waals surface area (Å²) >= 11 is 0. The van der Waals surface area contributed by atoms with Crippen LogP contribution < -0.4 is 5.32 Å². The van der Waals surface area contributed by atoms with E-state index in [0.29, 0.717) is 23.8 Å². The van der Waals surface area contributed by atoms with Gasteiger partial charge in [0, 0.05) is 12.5 Å². The summed E-state index contributed by atoms with van der Waals surface area (Å²) < 4.78 is 5.48. The Bertz CT molecular complexity index is 282. The van der Waals surface area contributed by atoms with E-state index in [9.17, 15) is 0 Å². The Kier molecular flexibility index (Phi) is 5.76. The zero-order chi connectivity index (χ0) is 12.8. The average molecular weight is 237 g/mol. The highest BCUT2D eigenvalue weighted by atomic mass is 16.3. The summed E-state index contributed by atoms with van der Waals surface area (Å²) in [5.41, 5.74) is 0. The molecule has 1 heterocycles. The average Bonchev–Trinajstić information content (AvgIpc) is 2.69. The molecule has 1 N–H and O–H groups in total. The van der Waals surface area contributed by atoms with E-state index in [1.165, 1.54) is 0 Å². The number of hydrogen-bond acceptors (Lipinski definition) is 2. The van der Waals surface area contributed by atoms with Gasteiger partial charge in [0.2, 0.25) is 0 Å². The fourth-order valence-electron chi connectivity index (χ4n) is 2.95. The molecule has 0 saturated carbocycles. The summed E-state index contributed by atoms with van der Waals surface area (Å²) in [6.07, 6.45) is 2.75. The number of likely N-dealkylation sites (N-methyl/N-ethyl adjacent to an activating group) is 1. The van der Waals surface area contributed by atoms with Crippen molar-refractivity contribution in [1.29, 1.82) is 0 Å². The van der Waals surface area contributed by atoms with E-state index in [0.717, 1.165) is 18.7 Å². The van der Waals surface area contributed by atoms with E-state index < -0.39 is 0 Å². The molecule has 1 unspecified atom stereocenters. The standard InChI is InChI=1S/C15H27NO/c1-6-16-14(10-13-8-7-9-17-13)15(11(2)3)12(4)5/h7-9,11-12,14-16H,6,10H2,1-5H3. The lowest BCUT2D eigenvalue weighted by Gasteiger charge is -2.33. The Labute approximate surface area is 106 Å². The smallest absolute Gasteiger partial charge is 0.105 e. The predicted octanol–water partition coefficient (Wildman–Crippen LogP) is 3.73. The molecule has 1 atom stereocenters. The Balaban J connectivity index is 2.75. The molecular formula is C15H27NO. The lowest BCUT2D eigenvalue weighted by atomic mass is 9.78. The maximum Gasteiger partial charge on any atom is 0.105 e. The first-order valence-electron chi connectivity index (χ1n) is 6.82. The first-order valence-corrected chi connectivity index (χ1v) is 6.82. The molecule has 0 bridgehead atoms. The van der Waals surface area contributed by atoms with Crippen LogP contribution in [0.25, 0.3) is 0 Å². The van der Waals surface area contributed by atoms with Crippen molar-refractivity contribution in [2.24, 2.45) is 17.8 Å². The molecule has 17 heavy (non-hydrogen) atoms. The maximum absolute atomic E-state index is 5.48. The van der Waals surface area contributed by atoms with Gasteiger partial charge in [-0.25, -0.2) is 0 Å². The van der Waals surface area contributed by atoms with Gasteiger partial charge in [0.05, 0.1) is 6.26 Å². The van der Waals surface area contributed by atoms with Crippen LogP contribution in [0.5, 0.6) is 0 Å². The minimum atomic E-state index is 0.506. The van der Waals surface area contributed by atoms with Crippen LogP contribution in [0.2, 0.25) is 0 Å². The van der Waals surface area contributed by atoms with E-state index in [-0.39, 0.29) is 0 Å². The first-order chi connectivity index (χ1) is 8.06. The fraction of sp³-hybridized carbons (Fsp3) is 0.733. The van der Waals surface area contributed by atoms with Crippen molar-refractivity contribution < 1.29 is 4.42 Å². The lowest BCUT2D eigenvalue weighted by Crippen LogP contribution is -2.42. The summed E-state index contributed by atoms with van der Waals surface area (Å²) in [4.78, 5) is 0. The third kappa shape index (κ3) is 4.19. The van der Waals surface area contributed by atoms with E-state index in [1.807, 2.05) is 6.07 Å². The van der Waals surface area contributed by atoms with Gasteiger partial charge in [-0.05, 0) is 36.4 Å². The Morgan fingerprint density at radius 1 is 1.18 bits per heavy atom. The van der Waals surface area contributed by atoms with Crippen molar-refractivity contribution in [3.63, 3.8) is 0 Å². The van der Waals surface area contributed by atoms with Gasteiger partial charge in [0.25, 0.3) is 0 Å². The van der Waals surface area contributed by atoms with Crippen LogP contribution in [-0.2, 0) is 6.42 Å². The zero-order valence-corrected chi connectivity index (χ0v) is 11.9. The molecule has 0 amide bonds. The van der Waals surface area contributed by atoms with E-state index in [4.69, 9.17) is 4.42 Å². The van der Waals surface area contributed by atoms with Gasteiger partial charge in [-0.15, -0.1) is 0 Å². The SMILES string of the molecule is CCNC(Cc1ccco1)C(C(C)C)C(C)C. The largest absolute Gasteiger partial charge is 0.469 e. The molecule has 1 aromatic rings. The highest BCUT2D eigenvalue weighted by molar-refractivity contribution is 5.02. The fourth-order valence-corrected chi connectivity index (χ4v) is 2.95. The molecule has 0 spiro atoms. The highest BCUT2D eigenvalue weighted by Gasteiger charge is 2.27. The monoisotopic (exact) mass is 237 g/mol. The number of furan rings is 1. The van der Waals surface area contributed by atoms with Crippen molar-refractivity contribution in [2.75, 3.05) is 6.54 Å². The molecular weight excluding hydrogens is 210 g/mol. The first kappa shape index (κ1) is 14.3. The zero-order valence-electron chi connectivity index (χ0n) is 11.9. The second-order valence-electron chi connectivity index (χ2n) is 5.51. The molecule has 0 aliphatic heterocycles. The van der Waals surface area contributed by atoms with Crippen LogP contribution in [0.3, 0.4) is 0 Å². The topological polar surface area (TPSA) is 25.2 Å². The van der Waals surface area contributed by atoms with Crippen molar-refractivity contribution in [3.05, 3.63) is 24.2 Å². The van der Waals surface area contributed by atoms with Crippen LogP contribution in [-0.4, -0.2) is 12.6 Å². The molecule has 0 aliphatic carbocycles. The molecule has 0 fully saturated rings. The van der Waals surface area contributed by atoms with E-state index in [1.54, 1.807) is 6.26 Å². The quantitative estimate of drug-likeness (QED) is 0.781. The lowest BCUT2D eigenvalue weighted by molar-refractivity contribution is 0.203. The minimum Gasteiger partial charge on any atom is -0.469 e. The van der Waals surface area contributed by atoms with Crippen molar-refractivity contribution in [2.45, 2.75) is 47.1 Å².